The zero-order chi connectivity index (χ0) is 21.2. The van der Waals surface area contributed by atoms with Gasteiger partial charge in [-0.2, -0.15) is 13.2 Å². The summed E-state index contributed by atoms with van der Waals surface area (Å²) in [7, 11) is 3.83. The summed E-state index contributed by atoms with van der Waals surface area (Å²) in [6.07, 6.45) is -4.50. The maximum Gasteiger partial charge on any atom is 0.416 e. The third-order valence-corrected chi connectivity index (χ3v) is 4.92. The lowest BCUT2D eigenvalue weighted by atomic mass is 10.1. The number of amides is 2. The van der Waals surface area contributed by atoms with Gasteiger partial charge in [-0.1, -0.05) is 6.07 Å². The third-order valence-electron chi connectivity index (χ3n) is 4.92. The molecule has 29 heavy (non-hydrogen) atoms. The Bertz CT molecular complexity index is 887. The first-order valence-corrected chi connectivity index (χ1v) is 9.20. The van der Waals surface area contributed by atoms with E-state index in [2.05, 4.69) is 0 Å². The number of hydrogen-bond acceptors (Lipinski definition) is 3. The number of alkyl halides is 3. The molecule has 2 amide bonds. The number of halogens is 3. The Morgan fingerprint density at radius 1 is 0.828 bits per heavy atom. The summed E-state index contributed by atoms with van der Waals surface area (Å²) in [5.74, 6) is -0.583. The van der Waals surface area contributed by atoms with E-state index in [4.69, 9.17) is 0 Å². The van der Waals surface area contributed by atoms with Gasteiger partial charge >= 0.3 is 6.18 Å². The Kier molecular flexibility index (Phi) is 5.81. The molecule has 0 radical (unpaired) electrons. The summed E-state index contributed by atoms with van der Waals surface area (Å²) in [5, 5.41) is 0. The second-order valence-electron chi connectivity index (χ2n) is 7.10. The van der Waals surface area contributed by atoms with Gasteiger partial charge in [-0.3, -0.25) is 9.59 Å². The van der Waals surface area contributed by atoms with Gasteiger partial charge in [0.1, 0.15) is 0 Å². The molecule has 0 aromatic heterocycles. The molecule has 2 aromatic rings. The van der Waals surface area contributed by atoms with E-state index in [1.165, 1.54) is 17.0 Å². The van der Waals surface area contributed by atoms with Crippen molar-refractivity contribution in [2.75, 3.05) is 45.2 Å². The molecule has 0 atom stereocenters. The van der Waals surface area contributed by atoms with Gasteiger partial charge in [-0.15, -0.1) is 0 Å². The van der Waals surface area contributed by atoms with Crippen LogP contribution in [0.15, 0.2) is 48.5 Å². The summed E-state index contributed by atoms with van der Waals surface area (Å²) in [4.78, 5) is 30.3. The number of benzene rings is 2. The first-order chi connectivity index (χ1) is 13.7. The monoisotopic (exact) mass is 405 g/mol. The Hall–Kier alpha value is -3.03. The van der Waals surface area contributed by atoms with Crippen LogP contribution in [0.25, 0.3) is 0 Å². The molecule has 3 rings (SSSR count). The molecular weight excluding hydrogens is 383 g/mol. The zero-order valence-corrected chi connectivity index (χ0v) is 16.2. The van der Waals surface area contributed by atoms with Crippen molar-refractivity contribution < 1.29 is 22.8 Å². The maximum absolute atomic E-state index is 12.9. The van der Waals surface area contributed by atoms with Crippen molar-refractivity contribution in [3.63, 3.8) is 0 Å². The van der Waals surface area contributed by atoms with E-state index in [9.17, 15) is 22.8 Å². The van der Waals surface area contributed by atoms with Crippen LogP contribution in [0.4, 0.5) is 18.9 Å². The summed E-state index contributed by atoms with van der Waals surface area (Å²) in [6, 6.07) is 11.7. The van der Waals surface area contributed by atoms with Crippen LogP contribution < -0.4 is 4.90 Å². The van der Waals surface area contributed by atoms with Crippen LogP contribution in [-0.4, -0.2) is 61.9 Å². The Morgan fingerprint density at radius 2 is 1.34 bits per heavy atom. The van der Waals surface area contributed by atoms with Crippen LogP contribution in [0, 0.1) is 0 Å². The molecule has 1 fully saturated rings. The SMILES string of the molecule is CN(C)c1ccc(C(=O)N2CCN(C(=O)c3cccc(C(F)(F)F)c3)CC2)cc1. The summed E-state index contributed by atoms with van der Waals surface area (Å²) in [6.45, 7) is 1.21. The second kappa shape index (κ2) is 8.14. The van der Waals surface area contributed by atoms with Crippen molar-refractivity contribution in [2.24, 2.45) is 0 Å². The van der Waals surface area contributed by atoms with Crippen LogP contribution in [0.5, 0.6) is 0 Å². The van der Waals surface area contributed by atoms with Crippen molar-refractivity contribution in [1.29, 1.82) is 0 Å². The maximum atomic E-state index is 12.9. The van der Waals surface area contributed by atoms with Gasteiger partial charge in [-0.25, -0.2) is 0 Å². The largest absolute Gasteiger partial charge is 0.416 e. The molecule has 0 unspecified atom stereocenters. The highest BCUT2D eigenvalue weighted by Crippen LogP contribution is 2.29. The lowest BCUT2D eigenvalue weighted by Gasteiger charge is -2.35. The molecule has 1 heterocycles. The van der Waals surface area contributed by atoms with E-state index in [0.29, 0.717) is 18.7 Å². The minimum absolute atomic E-state index is 0.00104. The molecule has 1 aliphatic rings. The second-order valence-corrected chi connectivity index (χ2v) is 7.10. The molecule has 0 spiro atoms. The van der Waals surface area contributed by atoms with E-state index in [-0.39, 0.29) is 24.6 Å². The number of carbonyl (C=O) groups is 2. The first kappa shape index (κ1) is 20.7. The highest BCUT2D eigenvalue weighted by atomic mass is 19.4. The highest BCUT2D eigenvalue weighted by molar-refractivity contribution is 5.96. The highest BCUT2D eigenvalue weighted by Gasteiger charge is 2.32. The number of hydrogen-bond donors (Lipinski definition) is 0. The average molecular weight is 405 g/mol. The fourth-order valence-electron chi connectivity index (χ4n) is 3.21. The van der Waals surface area contributed by atoms with Crippen molar-refractivity contribution in [3.8, 4) is 0 Å². The Balaban J connectivity index is 1.63. The van der Waals surface area contributed by atoms with Gasteiger partial charge < -0.3 is 14.7 Å². The minimum Gasteiger partial charge on any atom is -0.378 e. The first-order valence-electron chi connectivity index (χ1n) is 9.20. The van der Waals surface area contributed by atoms with Gasteiger partial charge in [0.25, 0.3) is 11.8 Å². The fourth-order valence-corrected chi connectivity index (χ4v) is 3.21. The number of carbonyl (C=O) groups excluding carboxylic acids is 2. The van der Waals surface area contributed by atoms with Crippen LogP contribution >= 0.6 is 0 Å². The standard InChI is InChI=1S/C21H22F3N3O2/c1-25(2)18-8-6-15(7-9-18)19(28)26-10-12-27(13-11-26)20(29)16-4-3-5-17(14-16)21(22,23)24/h3-9,14H,10-13H2,1-2H3. The number of anilines is 1. The van der Waals surface area contributed by atoms with Gasteiger partial charge in [-0.05, 0) is 42.5 Å². The number of rotatable bonds is 3. The molecule has 8 heteroatoms. The van der Waals surface area contributed by atoms with Crippen molar-refractivity contribution in [1.82, 2.24) is 9.80 Å². The van der Waals surface area contributed by atoms with Gasteiger partial charge in [0, 0.05) is 57.1 Å². The van der Waals surface area contributed by atoms with E-state index in [1.807, 2.05) is 31.1 Å². The predicted molar refractivity (Wildman–Crippen MR) is 104 cm³/mol. The van der Waals surface area contributed by atoms with Crippen LogP contribution in [0.3, 0.4) is 0 Å². The average Bonchev–Trinajstić information content (AvgIpc) is 2.72. The Labute approximate surface area is 167 Å². The van der Waals surface area contributed by atoms with E-state index in [1.54, 1.807) is 17.0 Å². The summed E-state index contributed by atoms with van der Waals surface area (Å²) >= 11 is 0. The topological polar surface area (TPSA) is 43.9 Å². The normalized spacial score (nSPS) is 14.7. The number of nitrogens with zero attached hydrogens (tertiary/aromatic N) is 3. The third kappa shape index (κ3) is 4.70. The minimum atomic E-state index is -4.50. The van der Waals surface area contributed by atoms with Gasteiger partial charge in [0.05, 0.1) is 5.56 Å². The molecule has 0 saturated carbocycles. The molecule has 0 N–H and O–H groups in total. The quantitative estimate of drug-likeness (QED) is 0.787. The summed E-state index contributed by atoms with van der Waals surface area (Å²) in [5.41, 5.74) is 0.698. The lowest BCUT2D eigenvalue weighted by Crippen LogP contribution is -2.50. The molecule has 154 valence electrons. The van der Waals surface area contributed by atoms with Crippen LogP contribution in [0.1, 0.15) is 26.3 Å². The van der Waals surface area contributed by atoms with Crippen molar-refractivity contribution in [3.05, 3.63) is 65.2 Å². The summed E-state index contributed by atoms with van der Waals surface area (Å²) < 4.78 is 38.6. The van der Waals surface area contributed by atoms with Crippen molar-refractivity contribution >= 4 is 17.5 Å². The molecule has 2 aromatic carbocycles. The molecule has 5 nitrogen and oxygen atoms in total. The van der Waals surface area contributed by atoms with E-state index in [0.717, 1.165) is 17.8 Å². The molecule has 0 aliphatic carbocycles. The number of piperazine rings is 1. The van der Waals surface area contributed by atoms with Gasteiger partial charge in [0.2, 0.25) is 0 Å². The van der Waals surface area contributed by atoms with Gasteiger partial charge in [0.15, 0.2) is 0 Å². The van der Waals surface area contributed by atoms with E-state index < -0.39 is 17.6 Å². The molecule has 0 bridgehead atoms. The van der Waals surface area contributed by atoms with Crippen molar-refractivity contribution in [2.45, 2.75) is 6.18 Å². The smallest absolute Gasteiger partial charge is 0.378 e. The molecular formula is C21H22F3N3O2. The molecule has 1 saturated heterocycles. The lowest BCUT2D eigenvalue weighted by molar-refractivity contribution is -0.137. The van der Waals surface area contributed by atoms with Crippen LogP contribution in [-0.2, 0) is 6.18 Å². The Morgan fingerprint density at radius 3 is 1.83 bits per heavy atom. The zero-order valence-electron chi connectivity index (χ0n) is 16.2. The van der Waals surface area contributed by atoms with Crippen LogP contribution in [0.2, 0.25) is 0 Å². The molecule has 1 aliphatic heterocycles. The fraction of sp³-hybridized carbons (Fsp3) is 0.333. The predicted octanol–water partition coefficient (Wildman–Crippen LogP) is 3.37. The van der Waals surface area contributed by atoms with E-state index >= 15 is 0 Å².